The van der Waals surface area contributed by atoms with Crippen LogP contribution in [0.3, 0.4) is 0 Å². The molecule has 0 saturated heterocycles. The zero-order valence-corrected chi connectivity index (χ0v) is 22.9. The van der Waals surface area contributed by atoms with Gasteiger partial charge < -0.3 is 9.88 Å². The van der Waals surface area contributed by atoms with Crippen LogP contribution in [-0.4, -0.2) is 16.7 Å². The molecule has 39 heavy (non-hydrogen) atoms. The maximum Gasteiger partial charge on any atom is 0.259 e. The van der Waals surface area contributed by atoms with Crippen LogP contribution < -0.4 is 5.32 Å². The van der Waals surface area contributed by atoms with Gasteiger partial charge in [-0.05, 0) is 92.1 Å². The lowest BCUT2D eigenvalue weighted by atomic mass is 9.95. The molecule has 6 heteroatoms. The molecule has 0 bridgehead atoms. The van der Waals surface area contributed by atoms with Crippen molar-refractivity contribution in [2.75, 3.05) is 5.32 Å². The number of nitrogens with zero attached hydrogens (tertiary/aromatic N) is 2. The van der Waals surface area contributed by atoms with Crippen LogP contribution in [0.1, 0.15) is 55.9 Å². The Kier molecular flexibility index (Phi) is 6.88. The van der Waals surface area contributed by atoms with E-state index in [-0.39, 0.29) is 11.7 Å². The number of aryl methyl sites for hydroxylation is 3. The quantitative estimate of drug-likeness (QED) is 0.218. The summed E-state index contributed by atoms with van der Waals surface area (Å²) >= 11 is 1.64. The standard InChI is InChI=1S/C33H30FN3OS/c1-21-15-22(2)17-26(16-21)36-32(38)31-28-8-4-6-10-30(28)39-33(31)35-18-24-20-37(29-9-5-3-7-27(24)29)19-23-11-13-25(34)14-12-23/h3,5,7,9,11-18,20H,4,6,8,10,19H2,1-2H3,(H,36,38). The second-order valence-electron chi connectivity index (χ2n) is 10.3. The van der Waals surface area contributed by atoms with Crippen LogP contribution in [0.5, 0.6) is 0 Å². The van der Waals surface area contributed by atoms with Gasteiger partial charge in [0.05, 0.1) is 5.56 Å². The molecule has 5 aromatic rings. The Morgan fingerprint density at radius 1 is 1.03 bits per heavy atom. The first-order chi connectivity index (χ1) is 18.9. The van der Waals surface area contributed by atoms with Gasteiger partial charge in [-0.1, -0.05) is 36.4 Å². The molecular weight excluding hydrogens is 505 g/mol. The molecule has 0 atom stereocenters. The lowest BCUT2D eigenvalue weighted by Gasteiger charge is -2.13. The number of carbonyl (C=O) groups is 1. The lowest BCUT2D eigenvalue weighted by Crippen LogP contribution is -2.15. The molecule has 1 aliphatic rings. The van der Waals surface area contributed by atoms with E-state index in [1.54, 1.807) is 11.3 Å². The molecule has 2 heterocycles. The van der Waals surface area contributed by atoms with E-state index in [4.69, 9.17) is 4.99 Å². The van der Waals surface area contributed by atoms with Crippen molar-refractivity contribution < 1.29 is 9.18 Å². The summed E-state index contributed by atoms with van der Waals surface area (Å²) in [5, 5.41) is 4.99. The van der Waals surface area contributed by atoms with Gasteiger partial charge in [-0.25, -0.2) is 9.38 Å². The molecule has 196 valence electrons. The van der Waals surface area contributed by atoms with Gasteiger partial charge in [0.2, 0.25) is 0 Å². The van der Waals surface area contributed by atoms with E-state index in [1.807, 2.05) is 56.5 Å². The van der Waals surface area contributed by atoms with Gasteiger partial charge in [0.15, 0.2) is 0 Å². The number of halogens is 1. The Morgan fingerprint density at radius 3 is 2.56 bits per heavy atom. The first-order valence-electron chi connectivity index (χ1n) is 13.3. The average Bonchev–Trinajstić information content (AvgIpc) is 3.46. The van der Waals surface area contributed by atoms with E-state index in [1.165, 1.54) is 17.0 Å². The molecule has 1 N–H and O–H groups in total. The van der Waals surface area contributed by atoms with Crippen molar-refractivity contribution >= 4 is 45.0 Å². The topological polar surface area (TPSA) is 46.4 Å². The average molecular weight is 536 g/mol. The number of hydrogen-bond acceptors (Lipinski definition) is 3. The van der Waals surface area contributed by atoms with Crippen molar-refractivity contribution in [1.82, 2.24) is 4.57 Å². The van der Waals surface area contributed by atoms with Crippen molar-refractivity contribution in [2.45, 2.75) is 46.1 Å². The second-order valence-corrected chi connectivity index (χ2v) is 11.4. The number of rotatable bonds is 6. The molecule has 0 fully saturated rings. The van der Waals surface area contributed by atoms with E-state index in [9.17, 15) is 9.18 Å². The largest absolute Gasteiger partial charge is 0.342 e. The number of nitrogens with one attached hydrogen (secondary N) is 1. The number of carbonyl (C=O) groups excluding carboxylic acids is 1. The van der Waals surface area contributed by atoms with Gasteiger partial charge in [0, 0.05) is 46.0 Å². The third-order valence-corrected chi connectivity index (χ3v) is 8.47. The highest BCUT2D eigenvalue weighted by molar-refractivity contribution is 7.16. The van der Waals surface area contributed by atoms with Gasteiger partial charge in [-0.2, -0.15) is 0 Å². The molecule has 0 saturated carbocycles. The molecule has 0 radical (unpaired) electrons. The Morgan fingerprint density at radius 2 is 1.77 bits per heavy atom. The molecule has 0 aliphatic heterocycles. The Bertz CT molecular complexity index is 1690. The fraction of sp³-hybridized carbons (Fsp3) is 0.212. The van der Waals surface area contributed by atoms with Gasteiger partial charge >= 0.3 is 0 Å². The van der Waals surface area contributed by atoms with Gasteiger partial charge in [0.25, 0.3) is 5.91 Å². The number of anilines is 1. The maximum atomic E-state index is 13.6. The summed E-state index contributed by atoms with van der Waals surface area (Å²) in [4.78, 5) is 19.8. The molecule has 3 aromatic carbocycles. The molecule has 1 aliphatic carbocycles. The van der Waals surface area contributed by atoms with Crippen molar-refractivity contribution in [2.24, 2.45) is 4.99 Å². The van der Waals surface area contributed by atoms with Crippen LogP contribution in [0.15, 0.2) is 77.9 Å². The normalized spacial score (nSPS) is 13.2. The summed E-state index contributed by atoms with van der Waals surface area (Å²) in [6, 6.07) is 20.9. The zero-order valence-electron chi connectivity index (χ0n) is 22.1. The van der Waals surface area contributed by atoms with E-state index in [0.29, 0.717) is 12.1 Å². The Hall–Kier alpha value is -4.03. The molecular formula is C33H30FN3OS. The van der Waals surface area contributed by atoms with Crippen molar-refractivity contribution in [3.05, 3.63) is 117 Å². The summed E-state index contributed by atoms with van der Waals surface area (Å²) in [6.07, 6.45) is 8.11. The molecule has 6 rings (SSSR count). The van der Waals surface area contributed by atoms with E-state index < -0.39 is 0 Å². The predicted molar refractivity (Wildman–Crippen MR) is 160 cm³/mol. The SMILES string of the molecule is Cc1cc(C)cc(NC(=O)c2c(N=Cc3cn(Cc4ccc(F)cc4)c4ccccc34)sc3c2CCCC3)c1. The highest BCUT2D eigenvalue weighted by Crippen LogP contribution is 2.40. The third-order valence-electron chi connectivity index (χ3n) is 7.27. The fourth-order valence-corrected chi connectivity index (χ4v) is 6.77. The molecule has 0 spiro atoms. The number of benzene rings is 3. The number of fused-ring (bicyclic) bond motifs is 2. The van der Waals surface area contributed by atoms with Crippen LogP contribution in [0.25, 0.3) is 10.9 Å². The molecule has 4 nitrogen and oxygen atoms in total. The summed E-state index contributed by atoms with van der Waals surface area (Å²) in [7, 11) is 0. The number of para-hydroxylation sites is 1. The third kappa shape index (κ3) is 5.30. The number of aromatic nitrogens is 1. The highest BCUT2D eigenvalue weighted by atomic mass is 32.1. The van der Waals surface area contributed by atoms with E-state index in [0.717, 1.165) is 75.1 Å². The number of aliphatic imine (C=N–C) groups is 1. The van der Waals surface area contributed by atoms with Crippen LogP contribution in [0.4, 0.5) is 15.1 Å². The zero-order chi connectivity index (χ0) is 26.9. The molecule has 0 unspecified atom stereocenters. The minimum absolute atomic E-state index is 0.0923. The minimum Gasteiger partial charge on any atom is -0.342 e. The second kappa shape index (κ2) is 10.6. The van der Waals surface area contributed by atoms with Gasteiger partial charge in [0.1, 0.15) is 10.8 Å². The smallest absolute Gasteiger partial charge is 0.259 e. The van der Waals surface area contributed by atoms with Crippen LogP contribution in [0, 0.1) is 19.7 Å². The monoisotopic (exact) mass is 535 g/mol. The maximum absolute atomic E-state index is 13.6. The minimum atomic E-state index is -0.236. The van der Waals surface area contributed by atoms with E-state index >= 15 is 0 Å². The summed E-state index contributed by atoms with van der Waals surface area (Å²) in [5.41, 5.74) is 8.00. The fourth-order valence-electron chi connectivity index (χ4n) is 5.54. The Labute approximate surface area is 231 Å². The van der Waals surface area contributed by atoms with Crippen molar-refractivity contribution in [3.8, 4) is 0 Å². The first-order valence-corrected chi connectivity index (χ1v) is 14.2. The van der Waals surface area contributed by atoms with Gasteiger partial charge in [-0.15, -0.1) is 11.3 Å². The van der Waals surface area contributed by atoms with Gasteiger partial charge in [-0.3, -0.25) is 4.79 Å². The summed E-state index contributed by atoms with van der Waals surface area (Å²) < 4.78 is 15.6. The lowest BCUT2D eigenvalue weighted by molar-refractivity contribution is 0.102. The summed E-state index contributed by atoms with van der Waals surface area (Å²) in [6.45, 7) is 4.71. The highest BCUT2D eigenvalue weighted by Gasteiger charge is 2.25. The van der Waals surface area contributed by atoms with E-state index in [2.05, 4.69) is 34.3 Å². The van der Waals surface area contributed by atoms with Crippen molar-refractivity contribution in [1.29, 1.82) is 0 Å². The number of amides is 1. The number of thiophene rings is 1. The molecule has 1 amide bonds. The summed E-state index contributed by atoms with van der Waals surface area (Å²) in [5.74, 6) is -0.328. The van der Waals surface area contributed by atoms with Crippen LogP contribution in [-0.2, 0) is 19.4 Å². The first kappa shape index (κ1) is 25.3. The number of hydrogen-bond donors (Lipinski definition) is 1. The van der Waals surface area contributed by atoms with Crippen molar-refractivity contribution in [3.63, 3.8) is 0 Å². The predicted octanol–water partition coefficient (Wildman–Crippen LogP) is 8.39. The molecule has 2 aromatic heterocycles. The van der Waals surface area contributed by atoms with Crippen LogP contribution >= 0.6 is 11.3 Å². The van der Waals surface area contributed by atoms with Crippen LogP contribution in [0.2, 0.25) is 0 Å². The Balaban J connectivity index is 1.35.